The number of nitrogens with one attached hydrogen (secondary N) is 1. The number of aromatic amines is 1. The van der Waals surface area contributed by atoms with Crippen LogP contribution >= 0.6 is 11.3 Å². The Hall–Kier alpha value is -15.0. The van der Waals surface area contributed by atoms with Crippen LogP contribution < -0.4 is 0 Å². The van der Waals surface area contributed by atoms with Crippen molar-refractivity contribution in [2.24, 2.45) is 0 Å². The van der Waals surface area contributed by atoms with Crippen molar-refractivity contribution in [1.29, 1.82) is 0 Å². The van der Waals surface area contributed by atoms with E-state index in [4.69, 9.17) is 4.42 Å². The Morgan fingerprint density at radius 1 is 0.176 bits per heavy atom. The van der Waals surface area contributed by atoms with Gasteiger partial charge in [0.2, 0.25) is 0 Å². The van der Waals surface area contributed by atoms with Gasteiger partial charge in [0.25, 0.3) is 0 Å². The fourth-order valence-corrected chi connectivity index (χ4v) is 17.1. The molecule has 2 nitrogen and oxygen atoms in total. The minimum Gasteiger partial charge on any atom is -0.456 e. The number of rotatable bonds is 5. The molecule has 1 aliphatic carbocycles. The van der Waals surface area contributed by atoms with E-state index >= 15 is 0 Å². The second kappa shape index (κ2) is 57.4. The molecule has 0 spiro atoms. The zero-order valence-electron chi connectivity index (χ0n) is 83.2. The quantitative estimate of drug-likeness (QED) is 0.171. The van der Waals surface area contributed by atoms with E-state index < -0.39 is 0 Å². The molecule has 0 atom stereocenters. The molecule has 0 bridgehead atoms. The summed E-state index contributed by atoms with van der Waals surface area (Å²) in [7, 11) is 0. The van der Waals surface area contributed by atoms with Gasteiger partial charge in [-0.25, -0.2) is 0 Å². The number of hydrogen-bond acceptors (Lipinski definition) is 2. The van der Waals surface area contributed by atoms with Crippen molar-refractivity contribution < 1.29 is 4.42 Å². The van der Waals surface area contributed by atoms with E-state index in [-0.39, 0.29) is 5.41 Å². The molecule has 0 amide bonds. The molecule has 0 aliphatic heterocycles. The number of hydrogen-bond donors (Lipinski definition) is 1. The Labute approximate surface area is 816 Å². The van der Waals surface area contributed by atoms with Gasteiger partial charge in [-0.05, 0) is 177 Å². The van der Waals surface area contributed by atoms with E-state index in [1.165, 1.54) is 163 Å². The standard InChI is InChI=1S/C24H18.C18H14.C15H14.C14H10.C12H9N.C12H8O.C12H8S.C10H8.8C2H6/c1-4-10-19(11-5-1)22-16-23(20-12-6-2-7-13-20)18-24(17-22)21-14-8-3-9-15-21;1-3-7-15(8-4-1)17-11-13-18(14-12-17)16-9-5-2-6-10-16;1-15(2)13-9-5-3-7-11(13)12-8-4-6-10-14(12)15;1-2-6-12-10-14-8-4-3-7-13(14)9-11(12)5-1;3*1-3-7-11-9(5-1)10-6-2-4-8-12(10)13-11;1-2-6-10-8-4-3-7-9(10)5-1;8*1-2/h1-18H;1-14H;3-10H,1-2H3;1-10H;1-8,13H;2*1-8H;1-8H;8*1-2H3. The fraction of sp³-hybridized carbons (Fsp3) is 0.143. The lowest BCUT2D eigenvalue weighted by Gasteiger charge is -2.20. The summed E-state index contributed by atoms with van der Waals surface area (Å²) in [6.07, 6.45) is 0. The van der Waals surface area contributed by atoms with Crippen molar-refractivity contribution in [2.45, 2.75) is 130 Å². The molecule has 136 heavy (non-hydrogen) atoms. The highest BCUT2D eigenvalue weighted by Crippen LogP contribution is 2.48. The van der Waals surface area contributed by atoms with Gasteiger partial charge in [-0.3, -0.25) is 0 Å². The summed E-state index contributed by atoms with van der Waals surface area (Å²) in [4.78, 5) is 3.38. The molecule has 686 valence electrons. The van der Waals surface area contributed by atoms with E-state index in [1.54, 1.807) is 0 Å². The van der Waals surface area contributed by atoms with Gasteiger partial charge in [-0.2, -0.15) is 0 Å². The van der Waals surface area contributed by atoms with Crippen LogP contribution in [0.25, 0.3) is 163 Å². The first-order chi connectivity index (χ1) is 67.3. The topological polar surface area (TPSA) is 28.9 Å². The van der Waals surface area contributed by atoms with Crippen LogP contribution in [0.4, 0.5) is 0 Å². The number of H-pyrrole nitrogens is 1. The third-order valence-corrected chi connectivity index (χ3v) is 23.3. The smallest absolute Gasteiger partial charge is 0.135 e. The summed E-state index contributed by atoms with van der Waals surface area (Å²) < 4.78 is 8.41. The lowest BCUT2D eigenvalue weighted by Crippen LogP contribution is -2.14. The van der Waals surface area contributed by atoms with Crippen LogP contribution in [0.2, 0.25) is 0 Å². The Bertz CT molecular complexity index is 6470. The number of benzene rings is 20. The molecule has 23 aromatic rings. The summed E-state index contributed by atoms with van der Waals surface area (Å²) in [6.45, 7) is 36.6. The molecule has 3 aromatic heterocycles. The van der Waals surface area contributed by atoms with Crippen molar-refractivity contribution in [1.82, 2.24) is 4.98 Å². The monoisotopic (exact) mass is 1800 g/mol. The van der Waals surface area contributed by atoms with E-state index in [0.717, 1.165) is 11.2 Å². The van der Waals surface area contributed by atoms with Gasteiger partial charge in [0.05, 0.1) is 0 Å². The Balaban J connectivity index is 0.000000172. The first kappa shape index (κ1) is 105. The zero-order chi connectivity index (χ0) is 97.1. The molecule has 3 heteroatoms. The minimum atomic E-state index is 0.160. The van der Waals surface area contributed by atoms with Crippen LogP contribution in [0.1, 0.15) is 136 Å². The summed E-state index contributed by atoms with van der Waals surface area (Å²) in [6, 6.07) is 174. The first-order valence-electron chi connectivity index (χ1n) is 49.0. The molecule has 24 rings (SSSR count). The summed E-state index contributed by atoms with van der Waals surface area (Å²) in [5, 5.41) is 15.6. The Morgan fingerprint density at radius 3 is 0.691 bits per heavy atom. The Kier molecular flexibility index (Phi) is 44.2. The molecule has 1 N–H and O–H groups in total. The SMILES string of the molecule is CC.CC.CC.CC.CC.CC.CC.CC.CC1(C)c2ccccc2-c2ccccc21.c1ccc(-c2cc(-c3ccccc3)cc(-c3ccccc3)c2)cc1.c1ccc(-c2ccc(-c3ccccc3)cc2)cc1.c1ccc2c(c1)[nH]c1ccccc12.c1ccc2c(c1)oc1ccccc12.c1ccc2c(c1)sc1ccccc12.c1ccc2cc3ccccc3cc2c1.c1ccc2ccccc2c1. The van der Waals surface area contributed by atoms with Crippen molar-refractivity contribution in [2.75, 3.05) is 0 Å². The van der Waals surface area contributed by atoms with E-state index in [0.29, 0.717) is 0 Å². The summed E-state index contributed by atoms with van der Waals surface area (Å²) >= 11 is 1.86. The lowest BCUT2D eigenvalue weighted by atomic mass is 9.82. The number of thiophene rings is 1. The number of fused-ring (bicyclic) bond motifs is 15. The van der Waals surface area contributed by atoms with Gasteiger partial charge in [-0.15, -0.1) is 11.3 Å². The average molecular weight is 1800 g/mol. The molecule has 3 heterocycles. The molecule has 0 unspecified atom stereocenters. The number of furan rings is 1. The molecular formula is C133H137NOS. The fourth-order valence-electron chi connectivity index (χ4n) is 16.0. The van der Waals surface area contributed by atoms with Gasteiger partial charge in [0, 0.05) is 58.2 Å². The van der Waals surface area contributed by atoms with Gasteiger partial charge < -0.3 is 9.40 Å². The highest BCUT2D eigenvalue weighted by atomic mass is 32.1. The largest absolute Gasteiger partial charge is 0.456 e. The third kappa shape index (κ3) is 28.1. The second-order valence-corrected chi connectivity index (χ2v) is 31.3. The third-order valence-electron chi connectivity index (χ3n) is 22.1. The lowest BCUT2D eigenvalue weighted by molar-refractivity contribution is 0.660. The summed E-state index contributed by atoms with van der Waals surface area (Å²) in [5.41, 5.74) is 22.7. The van der Waals surface area contributed by atoms with Crippen LogP contribution in [0, 0.1) is 0 Å². The molecule has 0 radical (unpaired) electrons. The van der Waals surface area contributed by atoms with Gasteiger partial charge in [0.15, 0.2) is 0 Å². The number of aromatic nitrogens is 1. The molecule has 0 saturated carbocycles. The number of para-hydroxylation sites is 4. The van der Waals surface area contributed by atoms with E-state index in [1.807, 2.05) is 171 Å². The maximum atomic E-state index is 5.65. The van der Waals surface area contributed by atoms with Crippen molar-refractivity contribution in [3.05, 3.63) is 509 Å². The summed E-state index contributed by atoms with van der Waals surface area (Å²) in [5.74, 6) is 0. The normalized spacial score (nSPS) is 10.3. The molecule has 20 aromatic carbocycles. The van der Waals surface area contributed by atoms with Gasteiger partial charge >= 0.3 is 0 Å². The van der Waals surface area contributed by atoms with Crippen LogP contribution in [0.15, 0.2) is 502 Å². The zero-order valence-corrected chi connectivity index (χ0v) is 84.0. The molecule has 1 aliphatic rings. The van der Waals surface area contributed by atoms with Gasteiger partial charge in [0.1, 0.15) is 11.2 Å². The minimum absolute atomic E-state index is 0.160. The highest BCUT2D eigenvalue weighted by Gasteiger charge is 2.34. The Morgan fingerprint density at radius 2 is 0.390 bits per heavy atom. The maximum Gasteiger partial charge on any atom is 0.135 e. The maximum absolute atomic E-state index is 5.65. The predicted octanol–water partition coefficient (Wildman–Crippen LogP) is 41.7. The first-order valence-corrected chi connectivity index (χ1v) is 49.8. The van der Waals surface area contributed by atoms with Crippen molar-refractivity contribution >= 4 is 108 Å². The van der Waals surface area contributed by atoms with Crippen molar-refractivity contribution in [3.63, 3.8) is 0 Å². The van der Waals surface area contributed by atoms with Crippen molar-refractivity contribution in [3.8, 4) is 66.8 Å². The predicted molar refractivity (Wildman–Crippen MR) is 609 cm³/mol. The molecule has 0 fully saturated rings. The second-order valence-electron chi connectivity index (χ2n) is 30.2. The highest BCUT2D eigenvalue weighted by molar-refractivity contribution is 7.25. The van der Waals surface area contributed by atoms with Crippen LogP contribution in [-0.2, 0) is 5.41 Å². The molecule has 0 saturated heterocycles. The van der Waals surface area contributed by atoms with E-state index in [9.17, 15) is 0 Å². The van der Waals surface area contributed by atoms with Crippen LogP contribution in [0.5, 0.6) is 0 Å². The van der Waals surface area contributed by atoms with E-state index in [2.05, 4.69) is 468 Å². The van der Waals surface area contributed by atoms with Crippen LogP contribution in [-0.4, -0.2) is 4.98 Å². The van der Waals surface area contributed by atoms with Gasteiger partial charge in [-0.1, -0.05) is 555 Å². The van der Waals surface area contributed by atoms with Crippen LogP contribution in [0.3, 0.4) is 0 Å². The average Bonchev–Trinajstić information content (AvgIpc) is 1.59. The molecular weight excluding hydrogens is 1660 g/mol.